The van der Waals surface area contributed by atoms with Gasteiger partial charge in [-0.2, -0.15) is 0 Å². The molecule has 1 aliphatic heterocycles. The second-order valence-corrected chi connectivity index (χ2v) is 3.54. The number of hydrogen-bond acceptors (Lipinski definition) is 3. The quantitative estimate of drug-likeness (QED) is 0.625. The first-order valence-electron chi connectivity index (χ1n) is 5.31. The number of nitrogens with one attached hydrogen (secondary N) is 1. The smallest absolute Gasteiger partial charge is 0.292 e. The first-order valence-corrected chi connectivity index (χ1v) is 5.31. The standard InChI is InChI=1S/C13H12N2O2/c1-2-3-9-14-13-15-12(16)11(17-13)10-7-5-4-6-8-10/h1,4-8,11H,3,9H2,(H,14,15,16). The van der Waals surface area contributed by atoms with Crippen molar-refractivity contribution in [2.75, 3.05) is 6.54 Å². The number of nitrogens with zero attached hydrogens (tertiary/aromatic N) is 1. The Kier molecular flexibility index (Phi) is 3.41. The highest BCUT2D eigenvalue weighted by molar-refractivity contribution is 6.02. The molecule has 4 heteroatoms. The van der Waals surface area contributed by atoms with Gasteiger partial charge in [0.15, 0.2) is 0 Å². The Bertz CT molecular complexity index is 474. The summed E-state index contributed by atoms with van der Waals surface area (Å²) in [5.74, 6) is 2.27. The minimum Gasteiger partial charge on any atom is -0.447 e. The van der Waals surface area contributed by atoms with Crippen LogP contribution in [0.3, 0.4) is 0 Å². The molecule has 0 aliphatic carbocycles. The molecule has 1 atom stereocenters. The molecule has 1 fully saturated rings. The van der Waals surface area contributed by atoms with Crippen molar-refractivity contribution in [1.82, 2.24) is 5.32 Å². The van der Waals surface area contributed by atoms with Gasteiger partial charge in [-0.15, -0.1) is 12.3 Å². The highest BCUT2D eigenvalue weighted by Gasteiger charge is 2.31. The molecule has 1 N–H and O–H groups in total. The van der Waals surface area contributed by atoms with Crippen molar-refractivity contribution in [3.05, 3.63) is 35.9 Å². The van der Waals surface area contributed by atoms with Crippen molar-refractivity contribution in [3.63, 3.8) is 0 Å². The fourth-order valence-electron chi connectivity index (χ4n) is 1.51. The van der Waals surface area contributed by atoms with Crippen molar-refractivity contribution in [2.24, 2.45) is 4.99 Å². The van der Waals surface area contributed by atoms with E-state index in [9.17, 15) is 4.79 Å². The van der Waals surface area contributed by atoms with Gasteiger partial charge in [0.1, 0.15) is 0 Å². The molecule has 2 rings (SSSR count). The van der Waals surface area contributed by atoms with Crippen LogP contribution in [-0.4, -0.2) is 18.5 Å². The molecule has 0 saturated carbocycles. The third-order valence-corrected chi connectivity index (χ3v) is 2.31. The number of terminal acetylenes is 1. The molecule has 1 unspecified atom stereocenters. The third kappa shape index (κ3) is 2.64. The monoisotopic (exact) mass is 228 g/mol. The summed E-state index contributed by atoms with van der Waals surface area (Å²) in [6, 6.07) is 9.54. The fraction of sp³-hybridized carbons (Fsp3) is 0.231. The van der Waals surface area contributed by atoms with Crippen molar-refractivity contribution < 1.29 is 9.53 Å². The van der Waals surface area contributed by atoms with E-state index in [1.807, 2.05) is 30.3 Å². The van der Waals surface area contributed by atoms with E-state index in [2.05, 4.69) is 16.2 Å². The molecule has 86 valence electrons. The van der Waals surface area contributed by atoms with Gasteiger partial charge in [0.05, 0.1) is 6.54 Å². The predicted octanol–water partition coefficient (Wildman–Crippen LogP) is 1.25. The lowest BCUT2D eigenvalue weighted by molar-refractivity contribution is -0.123. The molecular weight excluding hydrogens is 216 g/mol. The Hall–Kier alpha value is -2.28. The van der Waals surface area contributed by atoms with Gasteiger partial charge in [0.25, 0.3) is 11.9 Å². The molecule has 0 bridgehead atoms. The number of amides is 1. The molecule has 1 aromatic rings. The van der Waals surface area contributed by atoms with Crippen molar-refractivity contribution in [1.29, 1.82) is 0 Å². The van der Waals surface area contributed by atoms with E-state index in [4.69, 9.17) is 11.2 Å². The molecule has 1 saturated heterocycles. The lowest BCUT2D eigenvalue weighted by Gasteiger charge is -2.06. The zero-order valence-corrected chi connectivity index (χ0v) is 9.22. The maximum atomic E-state index is 11.7. The average molecular weight is 228 g/mol. The largest absolute Gasteiger partial charge is 0.447 e. The molecular formula is C13H12N2O2. The molecule has 1 heterocycles. The van der Waals surface area contributed by atoms with E-state index in [0.717, 1.165) is 5.56 Å². The van der Waals surface area contributed by atoms with Crippen LogP contribution in [0.4, 0.5) is 0 Å². The van der Waals surface area contributed by atoms with Crippen LogP contribution in [-0.2, 0) is 9.53 Å². The number of rotatable bonds is 3. The third-order valence-electron chi connectivity index (χ3n) is 2.31. The Morgan fingerprint density at radius 2 is 2.18 bits per heavy atom. The summed E-state index contributed by atoms with van der Waals surface area (Å²) in [6.07, 6.45) is 5.03. The van der Waals surface area contributed by atoms with Crippen molar-refractivity contribution in [2.45, 2.75) is 12.5 Å². The molecule has 4 nitrogen and oxygen atoms in total. The first kappa shape index (κ1) is 11.2. The lowest BCUT2D eigenvalue weighted by atomic mass is 10.1. The summed E-state index contributed by atoms with van der Waals surface area (Å²) in [5.41, 5.74) is 0.812. The first-order chi connectivity index (χ1) is 8.31. The number of carbonyl (C=O) groups is 1. The predicted molar refractivity (Wildman–Crippen MR) is 64.2 cm³/mol. The molecule has 1 aromatic carbocycles. The topological polar surface area (TPSA) is 50.7 Å². The number of benzene rings is 1. The van der Waals surface area contributed by atoms with E-state index in [1.54, 1.807) is 0 Å². The Labute approximate surface area is 99.7 Å². The van der Waals surface area contributed by atoms with Gasteiger partial charge >= 0.3 is 0 Å². The highest BCUT2D eigenvalue weighted by atomic mass is 16.5. The second kappa shape index (κ2) is 5.17. The zero-order chi connectivity index (χ0) is 12.1. The van der Waals surface area contributed by atoms with E-state index < -0.39 is 6.10 Å². The number of ether oxygens (including phenoxy) is 1. The fourth-order valence-corrected chi connectivity index (χ4v) is 1.51. The summed E-state index contributed by atoms with van der Waals surface area (Å²) in [6.45, 7) is 0.452. The Morgan fingerprint density at radius 3 is 2.88 bits per heavy atom. The maximum Gasteiger partial charge on any atom is 0.292 e. The minimum absolute atomic E-state index is 0.198. The van der Waals surface area contributed by atoms with E-state index in [1.165, 1.54) is 0 Å². The summed E-state index contributed by atoms with van der Waals surface area (Å²) in [4.78, 5) is 15.7. The van der Waals surface area contributed by atoms with E-state index in [-0.39, 0.29) is 11.9 Å². The number of hydrogen-bond donors (Lipinski definition) is 1. The van der Waals surface area contributed by atoms with Crippen LogP contribution in [0.5, 0.6) is 0 Å². The van der Waals surface area contributed by atoms with Crippen LogP contribution < -0.4 is 5.32 Å². The Balaban J connectivity index is 2.06. The number of amidine groups is 1. The summed E-state index contributed by atoms with van der Waals surface area (Å²) in [5, 5.41) is 2.58. The van der Waals surface area contributed by atoms with E-state index in [0.29, 0.717) is 13.0 Å². The van der Waals surface area contributed by atoms with Crippen molar-refractivity contribution in [3.8, 4) is 12.3 Å². The maximum absolute atomic E-state index is 11.7. The summed E-state index contributed by atoms with van der Waals surface area (Å²) in [7, 11) is 0. The van der Waals surface area contributed by atoms with Crippen LogP contribution >= 0.6 is 0 Å². The van der Waals surface area contributed by atoms with Crippen molar-refractivity contribution >= 4 is 11.9 Å². The molecule has 1 amide bonds. The van der Waals surface area contributed by atoms with Gasteiger partial charge in [-0.1, -0.05) is 30.3 Å². The SMILES string of the molecule is C#CCCN=C1NC(=O)C(c2ccccc2)O1. The number of aliphatic imine (C=N–C) groups is 1. The lowest BCUT2D eigenvalue weighted by Crippen LogP contribution is -2.22. The molecule has 0 spiro atoms. The van der Waals surface area contributed by atoms with Gasteiger partial charge in [-0.05, 0) is 0 Å². The second-order valence-electron chi connectivity index (χ2n) is 3.54. The van der Waals surface area contributed by atoms with Gasteiger partial charge in [-0.25, -0.2) is 4.99 Å². The van der Waals surface area contributed by atoms with Crippen LogP contribution in [0.15, 0.2) is 35.3 Å². The van der Waals surface area contributed by atoms with Crippen LogP contribution in [0, 0.1) is 12.3 Å². The van der Waals surface area contributed by atoms with Crippen LogP contribution in [0.2, 0.25) is 0 Å². The van der Waals surface area contributed by atoms with E-state index >= 15 is 0 Å². The molecule has 0 radical (unpaired) electrons. The summed E-state index contributed by atoms with van der Waals surface area (Å²) >= 11 is 0. The molecule has 0 aromatic heterocycles. The van der Waals surface area contributed by atoms with Crippen LogP contribution in [0.1, 0.15) is 18.1 Å². The van der Waals surface area contributed by atoms with Gasteiger partial charge in [0, 0.05) is 12.0 Å². The average Bonchev–Trinajstić information content (AvgIpc) is 2.72. The normalized spacial score (nSPS) is 20.8. The highest BCUT2D eigenvalue weighted by Crippen LogP contribution is 2.21. The summed E-state index contributed by atoms with van der Waals surface area (Å²) < 4.78 is 5.43. The minimum atomic E-state index is -0.610. The molecule has 1 aliphatic rings. The molecule has 17 heavy (non-hydrogen) atoms. The Morgan fingerprint density at radius 1 is 1.41 bits per heavy atom. The van der Waals surface area contributed by atoms with Gasteiger partial charge < -0.3 is 4.74 Å². The zero-order valence-electron chi connectivity index (χ0n) is 9.22. The van der Waals surface area contributed by atoms with Gasteiger partial charge in [-0.3, -0.25) is 10.1 Å². The van der Waals surface area contributed by atoms with Crippen LogP contribution in [0.25, 0.3) is 0 Å². The van der Waals surface area contributed by atoms with Gasteiger partial charge in [0.2, 0.25) is 6.10 Å². The number of carbonyl (C=O) groups excluding carboxylic acids is 1.